The van der Waals surface area contributed by atoms with Gasteiger partial charge in [0.05, 0.1) is 18.1 Å². The summed E-state index contributed by atoms with van der Waals surface area (Å²) in [5.41, 5.74) is 1.31. The second-order valence-electron chi connectivity index (χ2n) is 5.92. The number of nitrogens with zero attached hydrogens (tertiary/aromatic N) is 5. The fraction of sp³-hybridized carbons (Fsp3) is 0.333. The number of anilines is 2. The minimum absolute atomic E-state index is 0.0244. The van der Waals surface area contributed by atoms with Crippen molar-refractivity contribution in [2.75, 3.05) is 10.6 Å². The van der Waals surface area contributed by atoms with Crippen LogP contribution in [0.25, 0.3) is 5.65 Å². The van der Waals surface area contributed by atoms with Crippen LogP contribution in [0, 0.1) is 0 Å². The van der Waals surface area contributed by atoms with Gasteiger partial charge in [0, 0.05) is 18.7 Å². The molecule has 0 aliphatic heterocycles. The van der Waals surface area contributed by atoms with Gasteiger partial charge in [-0.1, -0.05) is 25.4 Å². The standard InChI is InChI=1S/C15H16ClF2N7O/c1-7(2)12-9(5-19-25-6-10(16)21-14(12)25)20-15(26)22-11-4-8(13(17)18)23-24(11)3/h4-7,13H,1-3H3,(H2,20,22,26). The molecule has 0 aliphatic carbocycles. The Bertz CT molecular complexity index is 966. The molecule has 3 aromatic heterocycles. The molecule has 0 fully saturated rings. The van der Waals surface area contributed by atoms with Crippen LogP contribution in [0.2, 0.25) is 5.15 Å². The van der Waals surface area contributed by atoms with Crippen molar-refractivity contribution in [2.45, 2.75) is 26.2 Å². The Kier molecular flexibility index (Phi) is 4.77. The van der Waals surface area contributed by atoms with Gasteiger partial charge in [0.1, 0.15) is 16.7 Å². The first-order valence-corrected chi connectivity index (χ1v) is 8.08. The van der Waals surface area contributed by atoms with Crippen molar-refractivity contribution in [1.82, 2.24) is 24.4 Å². The zero-order valence-corrected chi connectivity index (χ0v) is 14.9. The third-order valence-electron chi connectivity index (χ3n) is 3.69. The maximum Gasteiger partial charge on any atom is 0.324 e. The first kappa shape index (κ1) is 18.1. The number of fused-ring (bicyclic) bond motifs is 1. The summed E-state index contributed by atoms with van der Waals surface area (Å²) in [4.78, 5) is 16.5. The molecule has 0 bridgehead atoms. The van der Waals surface area contributed by atoms with Crippen molar-refractivity contribution in [3.8, 4) is 0 Å². The Morgan fingerprint density at radius 1 is 1.31 bits per heavy atom. The molecule has 3 rings (SSSR count). The normalized spacial score (nSPS) is 11.5. The van der Waals surface area contributed by atoms with Gasteiger partial charge in [-0.05, 0) is 5.92 Å². The predicted octanol–water partition coefficient (Wildman–Crippen LogP) is 3.82. The number of nitrogens with one attached hydrogen (secondary N) is 2. The molecule has 26 heavy (non-hydrogen) atoms. The van der Waals surface area contributed by atoms with Crippen LogP contribution in [0.15, 0.2) is 18.5 Å². The largest absolute Gasteiger partial charge is 0.324 e. The van der Waals surface area contributed by atoms with E-state index >= 15 is 0 Å². The van der Waals surface area contributed by atoms with Crippen LogP contribution in [-0.2, 0) is 7.05 Å². The van der Waals surface area contributed by atoms with Crippen molar-refractivity contribution in [2.24, 2.45) is 7.05 Å². The zero-order chi connectivity index (χ0) is 19.0. The molecule has 0 spiro atoms. The second-order valence-corrected chi connectivity index (χ2v) is 6.30. The quantitative estimate of drug-likeness (QED) is 0.716. The molecule has 0 atom stereocenters. The van der Waals surface area contributed by atoms with Crippen LogP contribution in [0.1, 0.15) is 37.4 Å². The smallest absolute Gasteiger partial charge is 0.306 e. The van der Waals surface area contributed by atoms with Crippen molar-refractivity contribution in [3.05, 3.63) is 34.9 Å². The number of amides is 2. The summed E-state index contributed by atoms with van der Waals surface area (Å²) in [6.07, 6.45) is 0.325. The van der Waals surface area contributed by atoms with E-state index in [4.69, 9.17) is 11.6 Å². The van der Waals surface area contributed by atoms with Crippen molar-refractivity contribution < 1.29 is 13.6 Å². The van der Waals surface area contributed by atoms with E-state index in [9.17, 15) is 13.6 Å². The molecular weight excluding hydrogens is 368 g/mol. The maximum atomic E-state index is 12.7. The lowest BCUT2D eigenvalue weighted by Crippen LogP contribution is -2.22. The summed E-state index contributed by atoms with van der Waals surface area (Å²) < 4.78 is 28.1. The Balaban J connectivity index is 1.86. The minimum atomic E-state index is -2.72. The van der Waals surface area contributed by atoms with Crippen LogP contribution in [0.3, 0.4) is 0 Å². The number of carbonyl (C=O) groups is 1. The Hall–Kier alpha value is -2.75. The predicted molar refractivity (Wildman–Crippen MR) is 92.9 cm³/mol. The van der Waals surface area contributed by atoms with Gasteiger partial charge >= 0.3 is 6.03 Å². The van der Waals surface area contributed by atoms with E-state index in [1.165, 1.54) is 22.4 Å². The highest BCUT2D eigenvalue weighted by Crippen LogP contribution is 2.28. The Labute approximate surface area is 152 Å². The molecule has 8 nitrogen and oxygen atoms in total. The first-order valence-electron chi connectivity index (χ1n) is 7.70. The van der Waals surface area contributed by atoms with Gasteiger partial charge in [-0.25, -0.2) is 23.1 Å². The molecule has 0 unspecified atom stereocenters. The summed E-state index contributed by atoms with van der Waals surface area (Å²) in [6, 6.07) is 0.503. The van der Waals surface area contributed by atoms with Crippen LogP contribution in [0.5, 0.6) is 0 Å². The number of halogens is 3. The number of hydrogen-bond acceptors (Lipinski definition) is 4. The third kappa shape index (κ3) is 3.45. The van der Waals surface area contributed by atoms with Gasteiger partial charge in [-0.2, -0.15) is 10.2 Å². The van der Waals surface area contributed by atoms with E-state index in [1.54, 1.807) is 6.20 Å². The van der Waals surface area contributed by atoms with Crippen molar-refractivity contribution >= 4 is 34.8 Å². The number of carbonyl (C=O) groups excluding carboxylic acids is 1. The average Bonchev–Trinajstić information content (AvgIpc) is 3.09. The van der Waals surface area contributed by atoms with Gasteiger partial charge in [0.2, 0.25) is 0 Å². The number of alkyl halides is 2. The summed E-state index contributed by atoms with van der Waals surface area (Å²) >= 11 is 5.93. The second kappa shape index (κ2) is 6.87. The molecule has 0 saturated heterocycles. The highest BCUT2D eigenvalue weighted by Gasteiger charge is 2.19. The number of aromatic nitrogens is 5. The van der Waals surface area contributed by atoms with Crippen molar-refractivity contribution in [1.29, 1.82) is 0 Å². The van der Waals surface area contributed by atoms with Gasteiger partial charge in [-0.3, -0.25) is 10.00 Å². The number of imidazole rings is 1. The van der Waals surface area contributed by atoms with Crippen LogP contribution >= 0.6 is 11.6 Å². The summed E-state index contributed by atoms with van der Waals surface area (Å²) in [5.74, 6) is 0.165. The van der Waals surface area contributed by atoms with E-state index < -0.39 is 18.2 Å². The molecule has 0 radical (unpaired) electrons. The SMILES string of the molecule is CC(C)c1c(NC(=O)Nc2cc(C(F)F)nn2C)cnn2cc(Cl)nc12. The molecular formula is C15H16ClF2N7O. The molecule has 2 N–H and O–H groups in total. The maximum absolute atomic E-state index is 12.7. The molecule has 11 heteroatoms. The third-order valence-corrected chi connectivity index (χ3v) is 3.87. The van der Waals surface area contributed by atoms with Gasteiger partial charge in [0.25, 0.3) is 6.43 Å². The number of rotatable bonds is 4. The van der Waals surface area contributed by atoms with E-state index in [1.807, 2.05) is 13.8 Å². The fourth-order valence-electron chi connectivity index (χ4n) is 2.58. The number of urea groups is 1. The van der Waals surface area contributed by atoms with Crippen LogP contribution in [0.4, 0.5) is 25.1 Å². The van der Waals surface area contributed by atoms with Gasteiger partial charge in [-0.15, -0.1) is 0 Å². The van der Waals surface area contributed by atoms with Crippen LogP contribution < -0.4 is 10.6 Å². The zero-order valence-electron chi connectivity index (χ0n) is 14.2. The highest BCUT2D eigenvalue weighted by molar-refractivity contribution is 6.29. The lowest BCUT2D eigenvalue weighted by molar-refractivity contribution is 0.145. The monoisotopic (exact) mass is 383 g/mol. The first-order chi connectivity index (χ1) is 12.3. The van der Waals surface area contributed by atoms with Crippen molar-refractivity contribution in [3.63, 3.8) is 0 Å². The summed E-state index contributed by atoms with van der Waals surface area (Å²) in [6.45, 7) is 3.88. The summed E-state index contributed by atoms with van der Waals surface area (Å²) in [5, 5.41) is 13.3. The Morgan fingerprint density at radius 2 is 2.04 bits per heavy atom. The molecule has 0 aliphatic rings. The lowest BCUT2D eigenvalue weighted by atomic mass is 10.0. The van der Waals surface area contributed by atoms with E-state index in [2.05, 4.69) is 25.8 Å². The molecule has 0 saturated carbocycles. The molecule has 138 valence electrons. The topological polar surface area (TPSA) is 89.1 Å². The number of aryl methyl sites for hydroxylation is 1. The van der Waals surface area contributed by atoms with E-state index in [-0.39, 0.29) is 16.9 Å². The van der Waals surface area contributed by atoms with Crippen LogP contribution in [-0.4, -0.2) is 30.4 Å². The number of hydrogen-bond donors (Lipinski definition) is 2. The van der Waals surface area contributed by atoms with E-state index in [0.717, 1.165) is 11.6 Å². The molecule has 2 amide bonds. The highest BCUT2D eigenvalue weighted by atomic mass is 35.5. The fourth-order valence-corrected chi connectivity index (χ4v) is 2.75. The minimum Gasteiger partial charge on any atom is -0.306 e. The lowest BCUT2D eigenvalue weighted by Gasteiger charge is -2.14. The van der Waals surface area contributed by atoms with Gasteiger partial charge in [0.15, 0.2) is 5.65 Å². The molecule has 0 aromatic carbocycles. The van der Waals surface area contributed by atoms with E-state index in [0.29, 0.717) is 11.3 Å². The summed E-state index contributed by atoms with van der Waals surface area (Å²) in [7, 11) is 1.46. The Morgan fingerprint density at radius 3 is 2.65 bits per heavy atom. The molecule has 3 aromatic rings. The van der Waals surface area contributed by atoms with Gasteiger partial charge < -0.3 is 5.32 Å². The average molecular weight is 384 g/mol. The molecule has 3 heterocycles.